The van der Waals surface area contributed by atoms with E-state index < -0.39 is 0 Å². The van der Waals surface area contributed by atoms with Crippen LogP contribution in [0.5, 0.6) is 0 Å². The van der Waals surface area contributed by atoms with Crippen LogP contribution in [-0.2, 0) is 16.1 Å². The highest BCUT2D eigenvalue weighted by atomic mass is 32.1. The van der Waals surface area contributed by atoms with Crippen LogP contribution in [0.1, 0.15) is 66.3 Å². The first-order valence-corrected chi connectivity index (χ1v) is 12.2. The zero-order valence-electron chi connectivity index (χ0n) is 18.5. The van der Waals surface area contributed by atoms with Crippen LogP contribution in [0.25, 0.3) is 0 Å². The minimum absolute atomic E-state index is 0.0669. The number of carbonyl (C=O) groups is 1. The van der Waals surface area contributed by atoms with Crippen LogP contribution < -0.4 is 5.32 Å². The first-order chi connectivity index (χ1) is 15.1. The Labute approximate surface area is 188 Å². The normalized spacial score (nSPS) is 19.2. The summed E-state index contributed by atoms with van der Waals surface area (Å²) in [6.07, 6.45) is 6.93. The van der Waals surface area contributed by atoms with Crippen molar-refractivity contribution in [1.29, 1.82) is 5.26 Å². The van der Waals surface area contributed by atoms with Gasteiger partial charge in [-0.25, -0.2) is 0 Å². The highest BCUT2D eigenvalue weighted by Crippen LogP contribution is 2.37. The van der Waals surface area contributed by atoms with Gasteiger partial charge < -0.3 is 14.6 Å². The zero-order chi connectivity index (χ0) is 21.8. The number of ether oxygens (including phenoxy) is 1. The number of thiophene rings is 1. The molecule has 31 heavy (non-hydrogen) atoms. The van der Waals surface area contributed by atoms with Crippen LogP contribution in [0.15, 0.2) is 17.5 Å². The summed E-state index contributed by atoms with van der Waals surface area (Å²) in [4.78, 5) is 16.6. The summed E-state index contributed by atoms with van der Waals surface area (Å²) in [6.45, 7) is 6.62. The minimum Gasteiger partial charge on any atom is -0.377 e. The first-order valence-electron chi connectivity index (χ1n) is 11.3. The molecule has 6 nitrogen and oxygen atoms in total. The Hall–Kier alpha value is -2.14. The molecule has 2 aromatic heterocycles. The molecule has 1 amide bonds. The molecule has 2 fully saturated rings. The fourth-order valence-corrected chi connectivity index (χ4v) is 5.71. The van der Waals surface area contributed by atoms with E-state index in [-0.39, 0.29) is 18.6 Å². The third-order valence-electron chi connectivity index (χ3n) is 6.63. The Morgan fingerprint density at radius 3 is 2.77 bits per heavy atom. The molecule has 0 spiro atoms. The van der Waals surface area contributed by atoms with Gasteiger partial charge in [0.1, 0.15) is 11.9 Å². The van der Waals surface area contributed by atoms with Gasteiger partial charge in [0.2, 0.25) is 5.91 Å². The monoisotopic (exact) mass is 440 g/mol. The van der Waals surface area contributed by atoms with E-state index in [1.54, 1.807) is 11.3 Å². The molecule has 0 radical (unpaired) electrons. The molecule has 0 unspecified atom stereocenters. The van der Waals surface area contributed by atoms with Crippen molar-refractivity contribution in [3.8, 4) is 6.07 Å². The van der Waals surface area contributed by atoms with Crippen LogP contribution in [0.3, 0.4) is 0 Å². The fourth-order valence-electron chi connectivity index (χ4n) is 4.96. The van der Waals surface area contributed by atoms with E-state index >= 15 is 0 Å². The number of amides is 1. The molecular weight excluding hydrogens is 408 g/mol. The van der Waals surface area contributed by atoms with E-state index in [9.17, 15) is 10.1 Å². The van der Waals surface area contributed by atoms with Crippen LogP contribution in [0.2, 0.25) is 0 Å². The molecule has 1 saturated carbocycles. The van der Waals surface area contributed by atoms with E-state index in [2.05, 4.69) is 39.2 Å². The molecule has 2 aliphatic rings. The van der Waals surface area contributed by atoms with Gasteiger partial charge in [0, 0.05) is 36.3 Å². The van der Waals surface area contributed by atoms with Crippen LogP contribution in [0.4, 0.5) is 5.82 Å². The fraction of sp³-hybridized carbons (Fsp3) is 0.583. The van der Waals surface area contributed by atoms with E-state index in [1.165, 1.54) is 17.7 Å². The predicted octanol–water partition coefficient (Wildman–Crippen LogP) is 4.77. The molecule has 0 bridgehead atoms. The number of carbonyl (C=O) groups excluding carboxylic acids is 1. The Morgan fingerprint density at radius 2 is 2.13 bits per heavy atom. The summed E-state index contributed by atoms with van der Waals surface area (Å²) < 4.78 is 8.04. The second-order valence-electron chi connectivity index (χ2n) is 8.79. The minimum atomic E-state index is -0.0669. The molecule has 0 aromatic carbocycles. The molecule has 4 rings (SSSR count). The molecule has 166 valence electrons. The lowest BCUT2D eigenvalue weighted by atomic mass is 10.2. The van der Waals surface area contributed by atoms with Gasteiger partial charge in [0.25, 0.3) is 0 Å². The van der Waals surface area contributed by atoms with Crippen molar-refractivity contribution in [1.82, 2.24) is 9.47 Å². The molecule has 7 heteroatoms. The molecule has 1 aliphatic carbocycles. The second-order valence-corrected chi connectivity index (χ2v) is 9.82. The number of rotatable bonds is 8. The van der Waals surface area contributed by atoms with E-state index in [4.69, 9.17) is 4.74 Å². The molecule has 1 atom stereocenters. The van der Waals surface area contributed by atoms with Gasteiger partial charge in [-0.1, -0.05) is 18.9 Å². The average Bonchev–Trinajstić information content (AvgIpc) is 3.53. The standard InChI is InChI=1S/C24H32N4O2S/c1-17-18(2)28(19-7-3-4-8-19)24(22(17)13-25)26-23(29)16-27(14-20-9-5-11-30-20)15-21-10-6-12-31-21/h6,10,12,19-20H,3-5,7-9,11,14-16H2,1-2H3,(H,26,29)/t20-/m0/s1. The summed E-state index contributed by atoms with van der Waals surface area (Å²) in [7, 11) is 0. The van der Waals surface area contributed by atoms with Gasteiger partial charge >= 0.3 is 0 Å². The third kappa shape index (κ3) is 5.03. The van der Waals surface area contributed by atoms with E-state index in [0.29, 0.717) is 17.4 Å². The number of nitrogens with zero attached hydrogens (tertiary/aromatic N) is 3. The van der Waals surface area contributed by atoms with Gasteiger partial charge in [-0.3, -0.25) is 9.69 Å². The Morgan fingerprint density at radius 1 is 1.32 bits per heavy atom. The van der Waals surface area contributed by atoms with Gasteiger partial charge in [-0.2, -0.15) is 5.26 Å². The number of hydrogen-bond donors (Lipinski definition) is 1. The zero-order valence-corrected chi connectivity index (χ0v) is 19.3. The largest absolute Gasteiger partial charge is 0.377 e. The second kappa shape index (κ2) is 9.99. The van der Waals surface area contributed by atoms with Crippen molar-refractivity contribution in [3.05, 3.63) is 39.2 Å². The summed E-state index contributed by atoms with van der Waals surface area (Å²) in [5.74, 6) is 0.616. The van der Waals surface area contributed by atoms with Crippen molar-refractivity contribution in [2.24, 2.45) is 0 Å². The Bertz CT molecular complexity index is 932. The SMILES string of the molecule is Cc1c(C#N)c(NC(=O)CN(Cc2cccs2)C[C@@H]2CCCO2)n(C2CCCC2)c1C. The lowest BCUT2D eigenvalue weighted by Gasteiger charge is -2.25. The van der Waals surface area contributed by atoms with Crippen LogP contribution in [0, 0.1) is 25.2 Å². The Kier molecular flexibility index (Phi) is 7.11. The maximum Gasteiger partial charge on any atom is 0.239 e. The maximum absolute atomic E-state index is 13.2. The smallest absolute Gasteiger partial charge is 0.239 e. The predicted molar refractivity (Wildman–Crippen MR) is 123 cm³/mol. The van der Waals surface area contributed by atoms with Gasteiger partial charge in [-0.15, -0.1) is 11.3 Å². The highest BCUT2D eigenvalue weighted by Gasteiger charge is 2.27. The topological polar surface area (TPSA) is 70.3 Å². The van der Waals surface area contributed by atoms with Crippen molar-refractivity contribution in [2.45, 2.75) is 71.1 Å². The molecule has 1 aliphatic heterocycles. The lowest BCUT2D eigenvalue weighted by molar-refractivity contribution is -0.117. The molecule has 1 saturated heterocycles. The summed E-state index contributed by atoms with van der Waals surface area (Å²) in [5, 5.41) is 15.0. The van der Waals surface area contributed by atoms with E-state index in [0.717, 1.165) is 56.6 Å². The molecule has 1 N–H and O–H groups in total. The van der Waals surface area contributed by atoms with E-state index in [1.807, 2.05) is 13.0 Å². The number of aromatic nitrogens is 1. The highest BCUT2D eigenvalue weighted by molar-refractivity contribution is 7.09. The Balaban J connectivity index is 1.51. The number of hydrogen-bond acceptors (Lipinski definition) is 5. The first kappa shape index (κ1) is 22.1. The lowest BCUT2D eigenvalue weighted by Crippen LogP contribution is -2.38. The van der Waals surface area contributed by atoms with Crippen molar-refractivity contribution in [3.63, 3.8) is 0 Å². The quantitative estimate of drug-likeness (QED) is 0.642. The van der Waals surface area contributed by atoms with Crippen molar-refractivity contribution in [2.75, 3.05) is 25.0 Å². The maximum atomic E-state index is 13.2. The summed E-state index contributed by atoms with van der Waals surface area (Å²) >= 11 is 1.71. The van der Waals surface area contributed by atoms with Crippen molar-refractivity contribution < 1.29 is 9.53 Å². The molecular formula is C24H32N4O2S. The average molecular weight is 441 g/mol. The number of nitrogens with one attached hydrogen (secondary N) is 1. The summed E-state index contributed by atoms with van der Waals surface area (Å²) in [5.41, 5.74) is 2.66. The van der Waals surface area contributed by atoms with Crippen molar-refractivity contribution >= 4 is 23.1 Å². The molecule has 2 aromatic rings. The number of anilines is 1. The van der Waals surface area contributed by atoms with Crippen LogP contribution in [-0.4, -0.2) is 41.2 Å². The molecule has 3 heterocycles. The van der Waals surface area contributed by atoms with Gasteiger partial charge in [0.05, 0.1) is 18.2 Å². The number of nitriles is 1. The van der Waals surface area contributed by atoms with Crippen LogP contribution >= 0.6 is 11.3 Å². The third-order valence-corrected chi connectivity index (χ3v) is 7.49. The van der Waals surface area contributed by atoms with Gasteiger partial charge in [0.15, 0.2) is 0 Å². The summed E-state index contributed by atoms with van der Waals surface area (Å²) in [6, 6.07) is 6.85. The van der Waals surface area contributed by atoms with Gasteiger partial charge in [-0.05, 0) is 56.5 Å².